The number of ether oxygens (including phenoxy) is 2. The van der Waals surface area contributed by atoms with Crippen LogP contribution in [0.1, 0.15) is 25.0 Å². The Balaban J connectivity index is 1.50. The van der Waals surface area contributed by atoms with Crippen LogP contribution in [0.4, 0.5) is 0 Å². The van der Waals surface area contributed by atoms with Gasteiger partial charge in [-0.2, -0.15) is 5.10 Å². The fraction of sp³-hybridized carbons (Fsp3) is 0.250. The Labute approximate surface area is 177 Å². The molecule has 0 fully saturated rings. The summed E-state index contributed by atoms with van der Waals surface area (Å²) in [5, 5.41) is 7.23. The molecule has 0 aliphatic rings. The van der Waals surface area contributed by atoms with Crippen molar-refractivity contribution in [1.82, 2.24) is 15.1 Å². The van der Waals surface area contributed by atoms with E-state index in [0.717, 1.165) is 28.3 Å². The minimum atomic E-state index is -0.140. The van der Waals surface area contributed by atoms with Gasteiger partial charge in [-0.3, -0.25) is 4.79 Å². The van der Waals surface area contributed by atoms with E-state index in [1.54, 1.807) is 17.0 Å². The molecule has 30 heavy (non-hydrogen) atoms. The fourth-order valence-corrected chi connectivity index (χ4v) is 2.96. The highest BCUT2D eigenvalue weighted by Gasteiger charge is 2.06. The first-order valence-corrected chi connectivity index (χ1v) is 10.1. The molecule has 0 bridgehead atoms. The number of aromatic nitrogens is 2. The minimum Gasteiger partial charge on any atom is -0.490 e. The number of benzene rings is 2. The Morgan fingerprint density at radius 2 is 1.83 bits per heavy atom. The number of rotatable bonds is 10. The average molecular weight is 405 g/mol. The van der Waals surface area contributed by atoms with Crippen molar-refractivity contribution in [1.29, 1.82) is 0 Å². The maximum absolute atomic E-state index is 12.1. The smallest absolute Gasteiger partial charge is 0.244 e. The van der Waals surface area contributed by atoms with Crippen molar-refractivity contribution in [3.63, 3.8) is 0 Å². The molecule has 0 spiro atoms. The number of para-hydroxylation sites is 1. The largest absolute Gasteiger partial charge is 0.490 e. The molecule has 6 nitrogen and oxygen atoms in total. The molecule has 156 valence electrons. The second-order valence-corrected chi connectivity index (χ2v) is 6.58. The normalized spacial score (nSPS) is 10.9. The van der Waals surface area contributed by atoms with Crippen LogP contribution in [0.15, 0.2) is 67.0 Å². The van der Waals surface area contributed by atoms with E-state index < -0.39 is 0 Å². The molecule has 6 heteroatoms. The van der Waals surface area contributed by atoms with Gasteiger partial charge in [0.15, 0.2) is 11.5 Å². The van der Waals surface area contributed by atoms with Crippen molar-refractivity contribution in [2.75, 3.05) is 19.8 Å². The third kappa shape index (κ3) is 5.98. The number of carbonyl (C=O) groups is 1. The summed E-state index contributed by atoms with van der Waals surface area (Å²) in [6.07, 6.45) is 7.60. The Morgan fingerprint density at radius 1 is 1.07 bits per heavy atom. The molecule has 0 atom stereocenters. The summed E-state index contributed by atoms with van der Waals surface area (Å²) in [6, 6.07) is 15.7. The van der Waals surface area contributed by atoms with Crippen molar-refractivity contribution in [2.45, 2.75) is 20.3 Å². The van der Waals surface area contributed by atoms with Crippen LogP contribution in [0.5, 0.6) is 11.5 Å². The van der Waals surface area contributed by atoms with E-state index in [0.29, 0.717) is 26.2 Å². The zero-order valence-electron chi connectivity index (χ0n) is 17.4. The van der Waals surface area contributed by atoms with Crippen LogP contribution in [0.25, 0.3) is 11.8 Å². The Kier molecular flexibility index (Phi) is 7.66. The molecule has 0 unspecified atom stereocenters. The van der Waals surface area contributed by atoms with Gasteiger partial charge in [-0.15, -0.1) is 0 Å². The highest BCUT2D eigenvalue weighted by Crippen LogP contribution is 2.28. The first-order valence-electron chi connectivity index (χ1n) is 10.1. The molecular weight excluding hydrogens is 378 g/mol. The lowest BCUT2D eigenvalue weighted by Crippen LogP contribution is -2.23. The van der Waals surface area contributed by atoms with Gasteiger partial charge in [0.05, 0.1) is 25.1 Å². The molecule has 3 rings (SSSR count). The van der Waals surface area contributed by atoms with Gasteiger partial charge in [-0.1, -0.05) is 24.3 Å². The summed E-state index contributed by atoms with van der Waals surface area (Å²) >= 11 is 0. The zero-order chi connectivity index (χ0) is 21.2. The van der Waals surface area contributed by atoms with Gasteiger partial charge in [-0.05, 0) is 56.2 Å². The van der Waals surface area contributed by atoms with Crippen molar-refractivity contribution >= 4 is 12.0 Å². The van der Waals surface area contributed by atoms with Gasteiger partial charge in [0, 0.05) is 24.4 Å². The van der Waals surface area contributed by atoms with E-state index in [-0.39, 0.29) is 5.91 Å². The molecule has 0 aliphatic heterocycles. The summed E-state index contributed by atoms with van der Waals surface area (Å²) in [6.45, 7) is 5.59. The lowest BCUT2D eigenvalue weighted by atomic mass is 10.1. The lowest BCUT2D eigenvalue weighted by molar-refractivity contribution is -0.116. The maximum Gasteiger partial charge on any atom is 0.244 e. The van der Waals surface area contributed by atoms with E-state index in [2.05, 4.69) is 10.4 Å². The molecule has 0 saturated heterocycles. The number of nitrogens with zero attached hydrogens (tertiary/aromatic N) is 2. The second-order valence-electron chi connectivity index (χ2n) is 6.58. The zero-order valence-corrected chi connectivity index (χ0v) is 17.4. The predicted octanol–water partition coefficient (Wildman–Crippen LogP) is 4.04. The molecule has 1 amide bonds. The Bertz CT molecular complexity index is 980. The van der Waals surface area contributed by atoms with Gasteiger partial charge in [0.2, 0.25) is 5.91 Å². The standard InChI is InChI=1S/C24H27N3O3/c1-3-29-22-12-10-19(16-23(22)30-4-2)14-15-25-24(28)13-11-20-17-26-27(18-20)21-8-6-5-7-9-21/h5-13,16-18H,3-4,14-15H2,1-2H3,(H,25,28). The molecular formula is C24H27N3O3. The average Bonchev–Trinajstić information content (AvgIpc) is 3.24. The molecule has 1 heterocycles. The summed E-state index contributed by atoms with van der Waals surface area (Å²) in [7, 11) is 0. The third-order valence-electron chi connectivity index (χ3n) is 4.37. The van der Waals surface area contributed by atoms with Gasteiger partial charge in [0.25, 0.3) is 0 Å². The van der Waals surface area contributed by atoms with Gasteiger partial charge in [-0.25, -0.2) is 4.68 Å². The monoisotopic (exact) mass is 405 g/mol. The van der Waals surface area contributed by atoms with Crippen molar-refractivity contribution in [3.05, 3.63) is 78.1 Å². The SMILES string of the molecule is CCOc1ccc(CCNC(=O)C=Cc2cnn(-c3ccccc3)c2)cc1OCC. The molecule has 1 aromatic heterocycles. The van der Waals surface area contributed by atoms with E-state index >= 15 is 0 Å². The topological polar surface area (TPSA) is 65.4 Å². The maximum atomic E-state index is 12.1. The predicted molar refractivity (Wildman–Crippen MR) is 118 cm³/mol. The van der Waals surface area contributed by atoms with Gasteiger partial charge < -0.3 is 14.8 Å². The van der Waals surface area contributed by atoms with Crippen molar-refractivity contribution in [2.24, 2.45) is 0 Å². The van der Waals surface area contributed by atoms with Crippen molar-refractivity contribution < 1.29 is 14.3 Å². The van der Waals surface area contributed by atoms with Crippen LogP contribution in [0.2, 0.25) is 0 Å². The first kappa shape index (κ1) is 21.2. The first-order chi connectivity index (χ1) is 14.7. The number of carbonyl (C=O) groups excluding carboxylic acids is 1. The van der Waals surface area contributed by atoms with Gasteiger partial charge >= 0.3 is 0 Å². The quantitative estimate of drug-likeness (QED) is 0.517. The van der Waals surface area contributed by atoms with Crippen LogP contribution < -0.4 is 14.8 Å². The number of hydrogen-bond donors (Lipinski definition) is 1. The molecule has 2 aromatic carbocycles. The van der Waals surface area contributed by atoms with Crippen molar-refractivity contribution in [3.8, 4) is 17.2 Å². The highest BCUT2D eigenvalue weighted by molar-refractivity contribution is 5.91. The fourth-order valence-electron chi connectivity index (χ4n) is 2.96. The van der Waals surface area contributed by atoms with Gasteiger partial charge in [0.1, 0.15) is 0 Å². The second kappa shape index (κ2) is 10.9. The van der Waals surface area contributed by atoms with Crippen LogP contribution in [0, 0.1) is 0 Å². The summed E-state index contributed by atoms with van der Waals surface area (Å²) in [4.78, 5) is 12.1. The molecule has 0 saturated carbocycles. The number of nitrogens with one attached hydrogen (secondary N) is 1. The highest BCUT2D eigenvalue weighted by atomic mass is 16.5. The summed E-state index contributed by atoms with van der Waals surface area (Å²) in [5.74, 6) is 1.34. The Morgan fingerprint density at radius 3 is 2.60 bits per heavy atom. The van der Waals surface area contributed by atoms with E-state index in [4.69, 9.17) is 9.47 Å². The molecule has 1 N–H and O–H groups in total. The van der Waals surface area contributed by atoms with Crippen LogP contribution in [-0.2, 0) is 11.2 Å². The van der Waals surface area contributed by atoms with E-state index in [9.17, 15) is 4.79 Å². The van der Waals surface area contributed by atoms with Crippen LogP contribution >= 0.6 is 0 Å². The Hall–Kier alpha value is -3.54. The van der Waals surface area contributed by atoms with Crippen LogP contribution in [-0.4, -0.2) is 35.4 Å². The summed E-state index contributed by atoms with van der Waals surface area (Å²) in [5.41, 5.74) is 2.92. The van der Waals surface area contributed by atoms with Crippen LogP contribution in [0.3, 0.4) is 0 Å². The van der Waals surface area contributed by atoms with E-state index in [1.165, 1.54) is 6.08 Å². The molecule has 0 radical (unpaired) electrons. The summed E-state index contributed by atoms with van der Waals surface area (Å²) < 4.78 is 13.0. The number of hydrogen-bond acceptors (Lipinski definition) is 4. The molecule has 0 aliphatic carbocycles. The number of amides is 1. The lowest BCUT2D eigenvalue weighted by Gasteiger charge is -2.12. The van der Waals surface area contributed by atoms with E-state index in [1.807, 2.05) is 68.6 Å². The minimum absolute atomic E-state index is 0.140. The third-order valence-corrected chi connectivity index (χ3v) is 4.37. The molecule has 3 aromatic rings.